The second-order valence-corrected chi connectivity index (χ2v) is 9.82. The number of methoxy groups -OCH3 is 2. The van der Waals surface area contributed by atoms with Crippen LogP contribution in [0.4, 0.5) is 0 Å². The van der Waals surface area contributed by atoms with Gasteiger partial charge < -0.3 is 24.1 Å². The van der Waals surface area contributed by atoms with Crippen molar-refractivity contribution < 1.29 is 33.6 Å². The maximum absolute atomic E-state index is 12.7. The highest BCUT2D eigenvalue weighted by atomic mass is 32.2. The van der Waals surface area contributed by atoms with Crippen molar-refractivity contribution in [1.82, 2.24) is 4.90 Å². The first-order chi connectivity index (χ1) is 18.4. The molecule has 10 heteroatoms. The number of carbonyl (C=O) groups excluding carboxylic acids is 1. The lowest BCUT2D eigenvalue weighted by atomic mass is 10.1. The van der Waals surface area contributed by atoms with Crippen LogP contribution >= 0.6 is 24.0 Å². The summed E-state index contributed by atoms with van der Waals surface area (Å²) in [4.78, 5) is 25.2. The molecule has 4 rings (SSSR count). The Morgan fingerprint density at radius 3 is 1.97 bits per heavy atom. The molecule has 1 heterocycles. The van der Waals surface area contributed by atoms with Crippen LogP contribution in [0.3, 0.4) is 0 Å². The number of hydrogen-bond acceptors (Lipinski definition) is 8. The molecule has 1 fully saturated rings. The molecule has 0 aromatic heterocycles. The quantitative estimate of drug-likeness (QED) is 0.257. The number of ether oxygens (including phenoxy) is 4. The first kappa shape index (κ1) is 27.0. The predicted octanol–water partition coefficient (Wildman–Crippen LogP) is 5.15. The number of carboxylic acid groups (broad SMARTS) is 1. The molecule has 196 valence electrons. The molecule has 1 N–H and O–H groups in total. The zero-order valence-corrected chi connectivity index (χ0v) is 22.3. The zero-order chi connectivity index (χ0) is 27.1. The third-order valence-electron chi connectivity index (χ3n) is 5.54. The van der Waals surface area contributed by atoms with E-state index in [2.05, 4.69) is 0 Å². The number of carboxylic acids is 1. The van der Waals surface area contributed by atoms with Gasteiger partial charge in [0.2, 0.25) is 0 Å². The van der Waals surface area contributed by atoms with E-state index in [-0.39, 0.29) is 10.9 Å². The number of carbonyl (C=O) groups is 2. The Morgan fingerprint density at radius 1 is 0.895 bits per heavy atom. The van der Waals surface area contributed by atoms with Crippen LogP contribution < -0.4 is 18.9 Å². The van der Waals surface area contributed by atoms with E-state index in [1.165, 1.54) is 0 Å². The topological polar surface area (TPSA) is 94.5 Å². The normalized spacial score (nSPS) is 14.1. The van der Waals surface area contributed by atoms with E-state index in [9.17, 15) is 9.59 Å². The van der Waals surface area contributed by atoms with Gasteiger partial charge in [-0.15, -0.1) is 0 Å². The first-order valence-corrected chi connectivity index (χ1v) is 12.7. The molecular formula is C28H25NO7S2. The third kappa shape index (κ3) is 6.84. The Kier molecular flexibility index (Phi) is 8.88. The van der Waals surface area contributed by atoms with Crippen molar-refractivity contribution in [3.8, 4) is 23.0 Å². The maximum Gasteiger partial charge on any atom is 0.323 e. The minimum Gasteiger partial charge on any atom is -0.497 e. The Hall–Kier alpha value is -4.02. The SMILES string of the molecule is COc1ccc(COc2ccc(/C=C3\SC(=S)N(CC(=O)O)C3=O)cc2OCc2ccc(OC)cc2)cc1. The molecule has 1 saturated heterocycles. The predicted molar refractivity (Wildman–Crippen MR) is 149 cm³/mol. The average molecular weight is 552 g/mol. The molecule has 0 radical (unpaired) electrons. The van der Waals surface area contributed by atoms with Gasteiger partial charge in [-0.2, -0.15) is 0 Å². The molecule has 1 amide bonds. The van der Waals surface area contributed by atoms with Crippen LogP contribution in [-0.2, 0) is 22.8 Å². The summed E-state index contributed by atoms with van der Waals surface area (Å²) in [7, 11) is 3.22. The molecule has 0 spiro atoms. The minimum absolute atomic E-state index is 0.207. The molecule has 0 unspecified atom stereocenters. The van der Waals surface area contributed by atoms with Crippen molar-refractivity contribution in [2.75, 3.05) is 20.8 Å². The number of hydrogen-bond donors (Lipinski definition) is 1. The molecule has 0 aliphatic carbocycles. The Balaban J connectivity index is 1.56. The number of nitrogens with zero attached hydrogens (tertiary/aromatic N) is 1. The van der Waals surface area contributed by atoms with Crippen molar-refractivity contribution in [2.45, 2.75) is 13.2 Å². The second kappa shape index (κ2) is 12.5. The van der Waals surface area contributed by atoms with Gasteiger partial charge in [0, 0.05) is 0 Å². The van der Waals surface area contributed by atoms with Crippen LogP contribution in [0.1, 0.15) is 16.7 Å². The average Bonchev–Trinajstić information content (AvgIpc) is 3.18. The molecule has 0 bridgehead atoms. The Bertz CT molecular complexity index is 1350. The van der Waals surface area contributed by atoms with Crippen molar-refractivity contribution in [3.05, 3.63) is 88.3 Å². The lowest BCUT2D eigenvalue weighted by Gasteiger charge is -2.14. The second-order valence-electron chi connectivity index (χ2n) is 8.14. The van der Waals surface area contributed by atoms with E-state index in [0.29, 0.717) is 28.6 Å². The summed E-state index contributed by atoms with van der Waals surface area (Å²) in [6, 6.07) is 20.5. The van der Waals surface area contributed by atoms with E-state index in [4.69, 9.17) is 36.3 Å². The van der Waals surface area contributed by atoms with E-state index >= 15 is 0 Å². The van der Waals surface area contributed by atoms with E-state index < -0.39 is 18.4 Å². The molecule has 8 nitrogen and oxygen atoms in total. The van der Waals surface area contributed by atoms with Gasteiger partial charge in [0.15, 0.2) is 11.5 Å². The zero-order valence-electron chi connectivity index (χ0n) is 20.7. The number of rotatable bonds is 11. The monoisotopic (exact) mass is 551 g/mol. The lowest BCUT2D eigenvalue weighted by Crippen LogP contribution is -2.33. The molecule has 3 aromatic rings. The number of benzene rings is 3. The molecule has 1 aliphatic heterocycles. The molecular weight excluding hydrogens is 526 g/mol. The number of aliphatic carboxylic acids is 1. The van der Waals surface area contributed by atoms with Gasteiger partial charge >= 0.3 is 5.97 Å². The maximum atomic E-state index is 12.7. The van der Waals surface area contributed by atoms with Gasteiger partial charge in [-0.05, 0) is 59.2 Å². The molecule has 1 aliphatic rings. The summed E-state index contributed by atoms with van der Waals surface area (Å²) >= 11 is 6.25. The van der Waals surface area contributed by atoms with Crippen molar-refractivity contribution >= 4 is 46.3 Å². The largest absolute Gasteiger partial charge is 0.497 e. The summed E-state index contributed by atoms with van der Waals surface area (Å²) in [5, 5.41) is 9.07. The highest BCUT2D eigenvalue weighted by molar-refractivity contribution is 8.26. The van der Waals surface area contributed by atoms with Crippen molar-refractivity contribution in [2.24, 2.45) is 0 Å². The smallest absolute Gasteiger partial charge is 0.323 e. The van der Waals surface area contributed by atoms with E-state index in [0.717, 1.165) is 39.3 Å². The Morgan fingerprint density at radius 2 is 1.45 bits per heavy atom. The van der Waals surface area contributed by atoms with Gasteiger partial charge in [0.1, 0.15) is 35.6 Å². The first-order valence-electron chi connectivity index (χ1n) is 11.5. The molecule has 0 saturated carbocycles. The van der Waals surface area contributed by atoms with Gasteiger partial charge in [0.05, 0.1) is 19.1 Å². The van der Waals surface area contributed by atoms with Gasteiger partial charge in [-0.1, -0.05) is 54.3 Å². The summed E-state index contributed by atoms with van der Waals surface area (Å²) < 4.78 is 22.8. The van der Waals surface area contributed by atoms with Crippen molar-refractivity contribution in [3.63, 3.8) is 0 Å². The standard InChI is InChI=1S/C28H25NO7S2/c1-33-21-8-3-18(4-9-21)16-35-23-12-7-20(14-25-27(32)29(15-26(30)31)28(37)38-25)13-24(23)36-17-19-5-10-22(34-2)11-6-19/h3-14H,15-17H2,1-2H3,(H,30,31)/b25-14-. The fourth-order valence-electron chi connectivity index (χ4n) is 3.54. The van der Waals surface area contributed by atoms with E-state index in [1.807, 2.05) is 48.5 Å². The molecule has 0 atom stereocenters. The summed E-state index contributed by atoms with van der Waals surface area (Å²) in [5.41, 5.74) is 2.58. The van der Waals surface area contributed by atoms with Gasteiger partial charge in [0.25, 0.3) is 5.91 Å². The van der Waals surface area contributed by atoms with Crippen LogP contribution in [0.2, 0.25) is 0 Å². The third-order valence-corrected chi connectivity index (χ3v) is 6.92. The molecule has 38 heavy (non-hydrogen) atoms. The van der Waals surface area contributed by atoms with Crippen molar-refractivity contribution in [1.29, 1.82) is 0 Å². The van der Waals surface area contributed by atoms with Crippen LogP contribution in [0.15, 0.2) is 71.6 Å². The number of thiocarbonyl (C=S) groups is 1. The fourth-order valence-corrected chi connectivity index (χ4v) is 4.79. The van der Waals surface area contributed by atoms with Crippen LogP contribution in [-0.4, -0.2) is 47.0 Å². The Labute approximate surface area is 229 Å². The number of thioether (sulfide) groups is 1. The summed E-state index contributed by atoms with van der Waals surface area (Å²) in [6.45, 7) is 0.125. The highest BCUT2D eigenvalue weighted by Gasteiger charge is 2.33. The van der Waals surface area contributed by atoms with Gasteiger partial charge in [-0.25, -0.2) is 0 Å². The van der Waals surface area contributed by atoms with E-state index in [1.54, 1.807) is 38.5 Å². The van der Waals surface area contributed by atoms with Crippen LogP contribution in [0.5, 0.6) is 23.0 Å². The highest BCUT2D eigenvalue weighted by Crippen LogP contribution is 2.35. The fraction of sp³-hybridized carbons (Fsp3) is 0.179. The van der Waals surface area contributed by atoms with Crippen LogP contribution in [0, 0.1) is 0 Å². The summed E-state index contributed by atoms with van der Waals surface area (Å²) in [5.74, 6) is 0.960. The number of amides is 1. The summed E-state index contributed by atoms with van der Waals surface area (Å²) in [6.07, 6.45) is 1.66. The lowest BCUT2D eigenvalue weighted by molar-refractivity contribution is -0.140. The van der Waals surface area contributed by atoms with Crippen LogP contribution in [0.25, 0.3) is 6.08 Å². The molecule has 3 aromatic carbocycles. The van der Waals surface area contributed by atoms with Gasteiger partial charge in [-0.3, -0.25) is 14.5 Å². The minimum atomic E-state index is -1.13.